The first kappa shape index (κ1) is 13.1. The number of hydrogen-bond donors (Lipinski definition) is 8. The van der Waals surface area contributed by atoms with Crippen LogP contribution in [0.4, 0.5) is 0 Å². The average molecular weight is 276 g/mol. The number of rotatable bonds is 2. The molecule has 10 heteroatoms. The van der Waals surface area contributed by atoms with Crippen LogP contribution in [0.15, 0.2) is 0 Å². The van der Waals surface area contributed by atoms with Crippen LogP contribution in [0.5, 0.6) is 0 Å². The van der Waals surface area contributed by atoms with Crippen molar-refractivity contribution in [3.05, 3.63) is 0 Å². The summed E-state index contributed by atoms with van der Waals surface area (Å²) < 4.78 is 0. The van der Waals surface area contributed by atoms with Gasteiger partial charge in [-0.25, -0.2) is 0 Å². The Kier molecular flexibility index (Phi) is 6.07. The molecule has 0 saturated carbocycles. The van der Waals surface area contributed by atoms with Crippen LogP contribution in [0.3, 0.4) is 0 Å². The second-order valence-corrected chi connectivity index (χ2v) is 15.6. The molecule has 0 fully saturated rings. The van der Waals surface area contributed by atoms with Gasteiger partial charge in [-0.05, 0) is 0 Å². The molecule has 0 aliphatic heterocycles. The maximum atomic E-state index is 8.75. The van der Waals surface area contributed by atoms with E-state index in [2.05, 4.69) is 24.5 Å². The van der Waals surface area contributed by atoms with Crippen molar-refractivity contribution >= 4 is 57.8 Å². The smallest absolute Gasteiger partial charge is 0.196 e. The zero-order valence-corrected chi connectivity index (χ0v) is 10.5. The number of hydrogen-bond acceptors (Lipinski definition) is 0. The predicted octanol–water partition coefficient (Wildman–Crippen LogP) is -0.242. The average Bonchev–Trinajstić information content (AvgIpc) is 1.55. The van der Waals surface area contributed by atoms with E-state index in [0.29, 0.717) is 21.9 Å². The van der Waals surface area contributed by atoms with E-state index >= 15 is 0 Å². The van der Waals surface area contributed by atoms with Crippen LogP contribution in [-0.4, -0.2) is 24.7 Å². The predicted molar refractivity (Wildman–Crippen MR) is 63.1 cm³/mol. The first-order chi connectivity index (χ1) is 4.71. The van der Waals surface area contributed by atoms with Crippen molar-refractivity contribution in [2.24, 2.45) is 0 Å². The van der Waals surface area contributed by atoms with Gasteiger partial charge in [-0.3, -0.25) is 0 Å². The van der Waals surface area contributed by atoms with Gasteiger partial charge in [0, 0.05) is 5.08 Å². The third kappa shape index (κ3) is 12.1. The van der Waals surface area contributed by atoms with Crippen molar-refractivity contribution in [3.63, 3.8) is 0 Å². The Bertz CT molecular complexity index is 184. The fourth-order valence-corrected chi connectivity index (χ4v) is 9.93. The molecule has 0 radical (unpaired) electrons. The highest BCUT2D eigenvalue weighted by atomic mass is 32.9. The summed E-state index contributed by atoms with van der Waals surface area (Å²) in [6, 6.07) is 0. The number of thiol groups is 4. The van der Waals surface area contributed by atoms with E-state index in [9.17, 15) is 0 Å². The summed E-state index contributed by atoms with van der Waals surface area (Å²) in [6.07, 6.45) is 0. The zero-order valence-electron chi connectivity index (χ0n) is 5.18. The van der Waals surface area contributed by atoms with Crippen molar-refractivity contribution in [2.75, 3.05) is 5.08 Å². The molecule has 0 unspecified atom stereocenters. The molecule has 0 heterocycles. The van der Waals surface area contributed by atoms with Gasteiger partial charge in [-0.1, -0.05) is 24.5 Å². The summed E-state index contributed by atoms with van der Waals surface area (Å²) >= 11 is 7.03. The monoisotopic (exact) mass is 276 g/mol. The molecule has 72 valence electrons. The van der Waals surface area contributed by atoms with Crippen molar-refractivity contribution < 1.29 is 19.6 Å². The summed E-state index contributed by atoms with van der Waals surface area (Å²) in [4.78, 5) is 35.0. The Balaban J connectivity index is 4.15. The molecular formula is CH10O4P2S4. The second-order valence-electron chi connectivity index (χ2n) is 1.50. The summed E-state index contributed by atoms with van der Waals surface area (Å²) in [7, 11) is 0.641. The molecule has 0 spiro atoms. The van der Waals surface area contributed by atoms with Crippen molar-refractivity contribution in [3.8, 4) is 0 Å². The van der Waals surface area contributed by atoms with Crippen LogP contribution >= 0.6 is 35.9 Å². The molecule has 0 amide bonds. The molecule has 0 aromatic carbocycles. The van der Waals surface area contributed by atoms with Crippen molar-refractivity contribution in [1.82, 2.24) is 0 Å². The third-order valence-corrected chi connectivity index (χ3v) is 9.11. The fraction of sp³-hybridized carbons (Fsp3) is 1.00. The van der Waals surface area contributed by atoms with Gasteiger partial charge in [-0.2, -0.15) is 0 Å². The van der Waals surface area contributed by atoms with Crippen LogP contribution in [0.25, 0.3) is 0 Å². The van der Waals surface area contributed by atoms with Gasteiger partial charge in [0.15, 0.2) is 11.4 Å². The molecule has 0 saturated heterocycles. The maximum absolute atomic E-state index is 8.75. The Labute approximate surface area is 82.2 Å². The largest absolute Gasteiger partial charge is 0.342 e. The molecule has 0 atom stereocenters. The van der Waals surface area contributed by atoms with Crippen LogP contribution in [-0.2, 0) is 21.9 Å². The first-order valence-corrected chi connectivity index (χ1v) is 11.5. The molecule has 0 aliphatic carbocycles. The van der Waals surface area contributed by atoms with Crippen LogP contribution < -0.4 is 0 Å². The first-order valence-electron chi connectivity index (χ1n) is 2.23. The van der Waals surface area contributed by atoms with Gasteiger partial charge in [0.2, 0.25) is 0 Å². The summed E-state index contributed by atoms with van der Waals surface area (Å²) in [5.74, 6) is 0. The summed E-state index contributed by atoms with van der Waals surface area (Å²) in [6.45, 7) is 0. The lowest BCUT2D eigenvalue weighted by Crippen LogP contribution is -1.80. The van der Waals surface area contributed by atoms with E-state index in [1.807, 2.05) is 0 Å². The van der Waals surface area contributed by atoms with Gasteiger partial charge >= 0.3 is 0 Å². The highest BCUT2D eigenvalue weighted by Gasteiger charge is 2.00. The van der Waals surface area contributed by atoms with Crippen molar-refractivity contribution in [2.45, 2.75) is 0 Å². The van der Waals surface area contributed by atoms with Gasteiger partial charge in [0.25, 0.3) is 0 Å². The third-order valence-electron chi connectivity index (χ3n) is 0.506. The van der Waals surface area contributed by atoms with Gasteiger partial charge < -0.3 is 19.6 Å². The molecule has 0 aromatic heterocycles. The van der Waals surface area contributed by atoms with Crippen molar-refractivity contribution in [1.29, 1.82) is 0 Å². The van der Waals surface area contributed by atoms with E-state index in [0.717, 1.165) is 0 Å². The SMILES string of the molecule is OP(O)(S)=[SH]C[SH]=P(O)(O)S. The van der Waals surface area contributed by atoms with E-state index < -0.39 is 11.4 Å². The quantitative estimate of drug-likeness (QED) is 0.264. The normalized spacial score (nSPS) is 13.6. The lowest BCUT2D eigenvalue weighted by Gasteiger charge is -2.03. The molecule has 0 aliphatic rings. The lowest BCUT2D eigenvalue weighted by molar-refractivity contribution is 0.501. The molecule has 0 aromatic rings. The van der Waals surface area contributed by atoms with Crippen LogP contribution in [0, 0.1) is 0 Å². The maximum Gasteiger partial charge on any atom is 0.196 e. The Morgan fingerprint density at radius 1 is 0.909 bits per heavy atom. The summed E-state index contributed by atoms with van der Waals surface area (Å²) in [5.41, 5.74) is -6.16. The second kappa shape index (κ2) is 5.10. The molecule has 4 nitrogen and oxygen atoms in total. The standard InChI is InChI=1S/CH10O4P2S4/c2-6(3,8)10-1-11-7(4,5)9/h2-5,8-11H,1H2. The van der Waals surface area contributed by atoms with E-state index in [1.165, 1.54) is 0 Å². The lowest BCUT2D eigenvalue weighted by atomic mass is 11.9. The highest BCUT2D eigenvalue weighted by Crippen LogP contribution is 2.45. The minimum absolute atomic E-state index is 0.258. The topological polar surface area (TPSA) is 80.9 Å². The zero-order chi connectivity index (χ0) is 9.12. The molecular weight excluding hydrogens is 266 g/mol. The molecule has 0 bridgehead atoms. The molecule has 0 rings (SSSR count). The molecule has 11 heavy (non-hydrogen) atoms. The van der Waals surface area contributed by atoms with Crippen LogP contribution in [0.1, 0.15) is 0 Å². The molecule has 4 N–H and O–H groups in total. The highest BCUT2D eigenvalue weighted by molar-refractivity contribution is 8.65. The summed E-state index contributed by atoms with van der Waals surface area (Å²) in [5, 5.41) is 0.258. The van der Waals surface area contributed by atoms with E-state index in [4.69, 9.17) is 19.6 Å². The van der Waals surface area contributed by atoms with Crippen LogP contribution in [0.2, 0.25) is 0 Å². The van der Waals surface area contributed by atoms with Gasteiger partial charge in [0.1, 0.15) is 0 Å². The fourth-order valence-electron chi connectivity index (χ4n) is 0.198. The Morgan fingerprint density at radius 2 is 1.18 bits per heavy atom. The van der Waals surface area contributed by atoms with Gasteiger partial charge in [0.05, 0.1) is 0 Å². The Hall–Kier alpha value is 2.10. The van der Waals surface area contributed by atoms with Gasteiger partial charge in [-0.15, -0.1) is 21.9 Å². The Morgan fingerprint density at radius 3 is 1.36 bits per heavy atom. The minimum atomic E-state index is -3.08. The van der Waals surface area contributed by atoms with E-state index in [-0.39, 0.29) is 5.08 Å². The minimum Gasteiger partial charge on any atom is -0.342 e. The van der Waals surface area contributed by atoms with E-state index in [1.54, 1.807) is 0 Å².